The molecule has 2 aromatic rings. The molecule has 2 N–H and O–H groups in total. The second-order valence-electron chi connectivity index (χ2n) is 7.41. The van der Waals surface area contributed by atoms with Crippen LogP contribution in [0.1, 0.15) is 47.8 Å². The second kappa shape index (κ2) is 7.07. The minimum Gasteiger partial charge on any atom is -0.478 e. The fraction of sp³-hybridized carbons (Fsp3) is 0.526. The van der Waals surface area contributed by atoms with Gasteiger partial charge in [0.2, 0.25) is 0 Å². The molecule has 4 rings (SSSR count). The van der Waals surface area contributed by atoms with Crippen molar-refractivity contribution in [3.63, 3.8) is 0 Å². The Labute approximate surface area is 153 Å². The molecule has 1 aliphatic heterocycles. The molecule has 138 valence electrons. The highest BCUT2D eigenvalue weighted by Crippen LogP contribution is 2.33. The van der Waals surface area contributed by atoms with Crippen molar-refractivity contribution in [3.05, 3.63) is 35.9 Å². The van der Waals surface area contributed by atoms with Gasteiger partial charge in [-0.15, -0.1) is 0 Å². The number of aromatic nitrogens is 3. The van der Waals surface area contributed by atoms with Crippen molar-refractivity contribution in [2.45, 2.75) is 38.6 Å². The van der Waals surface area contributed by atoms with Crippen LogP contribution < -0.4 is 5.32 Å². The standard InChI is InChI=1S/C19H25N5O2/c1-13-17(22-18-10-20-7-4-16(18)19(25)26)11-21-24(13)15-5-8-23(9-6-15)12-14-2-3-14/h4,7,10-11,14-15,22H,2-3,5-6,8-9,12H2,1H3,(H,25,26). The molecule has 7 nitrogen and oxygen atoms in total. The molecular formula is C19H25N5O2. The van der Waals surface area contributed by atoms with Crippen LogP contribution in [0.3, 0.4) is 0 Å². The molecule has 1 saturated heterocycles. The van der Waals surface area contributed by atoms with Crippen LogP contribution >= 0.6 is 0 Å². The molecule has 1 saturated carbocycles. The van der Waals surface area contributed by atoms with Gasteiger partial charge >= 0.3 is 5.97 Å². The zero-order valence-electron chi connectivity index (χ0n) is 15.1. The van der Waals surface area contributed by atoms with E-state index in [4.69, 9.17) is 0 Å². The summed E-state index contributed by atoms with van der Waals surface area (Å²) in [4.78, 5) is 18.0. The van der Waals surface area contributed by atoms with Crippen molar-refractivity contribution in [1.82, 2.24) is 19.7 Å². The third kappa shape index (κ3) is 3.58. The van der Waals surface area contributed by atoms with E-state index in [2.05, 4.69) is 25.0 Å². The van der Waals surface area contributed by atoms with Crippen LogP contribution in [0.15, 0.2) is 24.7 Å². The van der Waals surface area contributed by atoms with Crippen molar-refractivity contribution in [3.8, 4) is 0 Å². The number of hydrogen-bond acceptors (Lipinski definition) is 5. The summed E-state index contributed by atoms with van der Waals surface area (Å²) in [6, 6.07) is 1.91. The maximum Gasteiger partial charge on any atom is 0.337 e. The monoisotopic (exact) mass is 355 g/mol. The lowest BCUT2D eigenvalue weighted by atomic mass is 10.0. The Morgan fingerprint density at radius 3 is 2.69 bits per heavy atom. The maximum absolute atomic E-state index is 11.4. The van der Waals surface area contributed by atoms with Gasteiger partial charge in [0.1, 0.15) is 0 Å². The average molecular weight is 355 g/mol. The number of piperidine rings is 1. The highest BCUT2D eigenvalue weighted by Gasteiger charge is 2.28. The molecule has 2 aromatic heterocycles. The highest BCUT2D eigenvalue weighted by atomic mass is 16.4. The van der Waals surface area contributed by atoms with Crippen molar-refractivity contribution in [1.29, 1.82) is 0 Å². The molecule has 7 heteroatoms. The lowest BCUT2D eigenvalue weighted by Gasteiger charge is -2.32. The Hall–Kier alpha value is -2.41. The molecule has 0 radical (unpaired) electrons. The SMILES string of the molecule is Cc1c(Nc2cnccc2C(=O)O)cnn1C1CCN(CC2CC2)CC1. The molecule has 0 spiro atoms. The molecular weight excluding hydrogens is 330 g/mol. The van der Waals surface area contributed by atoms with Crippen LogP contribution in [0.4, 0.5) is 11.4 Å². The second-order valence-corrected chi connectivity index (χ2v) is 7.41. The number of carbonyl (C=O) groups is 1. The van der Waals surface area contributed by atoms with Crippen LogP contribution in [0.2, 0.25) is 0 Å². The van der Waals surface area contributed by atoms with Gasteiger partial charge < -0.3 is 15.3 Å². The summed E-state index contributed by atoms with van der Waals surface area (Å²) in [5, 5.41) is 17.1. The van der Waals surface area contributed by atoms with E-state index >= 15 is 0 Å². The first-order valence-corrected chi connectivity index (χ1v) is 9.32. The maximum atomic E-state index is 11.4. The van der Waals surface area contributed by atoms with E-state index < -0.39 is 5.97 Å². The van der Waals surface area contributed by atoms with Crippen LogP contribution in [-0.2, 0) is 0 Å². The van der Waals surface area contributed by atoms with Crippen LogP contribution in [0.5, 0.6) is 0 Å². The van der Waals surface area contributed by atoms with Gasteiger partial charge in [0.25, 0.3) is 0 Å². The highest BCUT2D eigenvalue weighted by molar-refractivity contribution is 5.94. The number of carboxylic acid groups (broad SMARTS) is 1. The van der Waals surface area contributed by atoms with Crippen LogP contribution in [-0.4, -0.2) is 50.4 Å². The molecule has 26 heavy (non-hydrogen) atoms. The van der Waals surface area contributed by atoms with E-state index in [0.717, 1.165) is 43.2 Å². The molecule has 1 aliphatic carbocycles. The Bertz CT molecular complexity index is 791. The predicted octanol–water partition coefficient (Wildman–Crippen LogP) is 3.08. The minimum absolute atomic E-state index is 0.209. The average Bonchev–Trinajstić information content (AvgIpc) is 3.39. The van der Waals surface area contributed by atoms with Gasteiger partial charge in [-0.2, -0.15) is 5.10 Å². The number of hydrogen-bond donors (Lipinski definition) is 2. The number of anilines is 2. The summed E-state index contributed by atoms with van der Waals surface area (Å²) in [7, 11) is 0. The summed E-state index contributed by atoms with van der Waals surface area (Å²) in [6.45, 7) is 5.56. The van der Waals surface area contributed by atoms with E-state index in [1.807, 2.05) is 6.92 Å². The van der Waals surface area contributed by atoms with Crippen molar-refractivity contribution in [2.75, 3.05) is 25.0 Å². The number of nitrogens with one attached hydrogen (secondary N) is 1. The van der Waals surface area contributed by atoms with Gasteiger partial charge in [-0.25, -0.2) is 4.79 Å². The van der Waals surface area contributed by atoms with Crippen LogP contribution in [0, 0.1) is 12.8 Å². The van der Waals surface area contributed by atoms with Crippen molar-refractivity contribution in [2.24, 2.45) is 5.92 Å². The van der Waals surface area contributed by atoms with Gasteiger partial charge in [0.05, 0.1) is 41.1 Å². The lowest BCUT2D eigenvalue weighted by molar-refractivity contribution is 0.0698. The van der Waals surface area contributed by atoms with Crippen molar-refractivity contribution >= 4 is 17.3 Å². The smallest absolute Gasteiger partial charge is 0.337 e. The molecule has 2 fully saturated rings. The number of carboxylic acids is 1. The van der Waals surface area contributed by atoms with Gasteiger partial charge in [0, 0.05) is 25.8 Å². The normalized spacial score (nSPS) is 18.8. The third-order valence-electron chi connectivity index (χ3n) is 5.48. The first-order valence-electron chi connectivity index (χ1n) is 9.32. The van der Waals surface area contributed by atoms with E-state index in [9.17, 15) is 9.90 Å². The molecule has 0 atom stereocenters. The topological polar surface area (TPSA) is 83.3 Å². The summed E-state index contributed by atoms with van der Waals surface area (Å²) < 4.78 is 2.09. The molecule has 0 unspecified atom stereocenters. The summed E-state index contributed by atoms with van der Waals surface area (Å²) >= 11 is 0. The largest absolute Gasteiger partial charge is 0.478 e. The fourth-order valence-electron chi connectivity index (χ4n) is 3.75. The quantitative estimate of drug-likeness (QED) is 0.828. The Balaban J connectivity index is 1.44. The third-order valence-corrected chi connectivity index (χ3v) is 5.48. The Kier molecular flexibility index (Phi) is 4.63. The molecule has 0 aromatic carbocycles. The van der Waals surface area contributed by atoms with Crippen LogP contribution in [0.25, 0.3) is 0 Å². The summed E-state index contributed by atoms with van der Waals surface area (Å²) in [5.41, 5.74) is 2.56. The van der Waals surface area contributed by atoms with E-state index in [1.54, 1.807) is 6.20 Å². The zero-order valence-corrected chi connectivity index (χ0v) is 15.1. The van der Waals surface area contributed by atoms with Gasteiger partial charge in [-0.3, -0.25) is 9.67 Å². The summed E-state index contributed by atoms with van der Waals surface area (Å²) in [6.07, 6.45) is 9.84. The van der Waals surface area contributed by atoms with E-state index in [0.29, 0.717) is 11.7 Å². The zero-order chi connectivity index (χ0) is 18.1. The number of aromatic carboxylic acids is 1. The molecule has 2 aliphatic rings. The minimum atomic E-state index is -0.969. The van der Waals surface area contributed by atoms with Crippen molar-refractivity contribution < 1.29 is 9.90 Å². The first-order chi connectivity index (χ1) is 12.6. The van der Waals surface area contributed by atoms with E-state index in [1.165, 1.54) is 37.8 Å². The first kappa shape index (κ1) is 17.0. The summed E-state index contributed by atoms with van der Waals surface area (Å²) in [5.74, 6) is -0.0281. The fourth-order valence-corrected chi connectivity index (χ4v) is 3.75. The number of rotatable bonds is 6. The van der Waals surface area contributed by atoms with Gasteiger partial charge in [-0.1, -0.05) is 0 Å². The molecule has 0 amide bonds. The van der Waals surface area contributed by atoms with E-state index in [-0.39, 0.29) is 5.56 Å². The number of nitrogens with zero attached hydrogens (tertiary/aromatic N) is 4. The Morgan fingerprint density at radius 1 is 1.23 bits per heavy atom. The van der Waals surface area contributed by atoms with Gasteiger partial charge in [-0.05, 0) is 44.6 Å². The predicted molar refractivity (Wildman–Crippen MR) is 98.9 cm³/mol. The number of pyridine rings is 1. The Morgan fingerprint density at radius 2 is 2.00 bits per heavy atom. The van der Waals surface area contributed by atoms with Gasteiger partial charge in [0.15, 0.2) is 0 Å². The molecule has 0 bridgehead atoms. The number of likely N-dealkylation sites (tertiary alicyclic amines) is 1. The molecule has 3 heterocycles. The lowest BCUT2D eigenvalue weighted by Crippen LogP contribution is -2.36.